The van der Waals surface area contributed by atoms with Crippen molar-refractivity contribution in [1.29, 1.82) is 0 Å². The molecule has 1 heterocycles. The number of hydrogen-bond acceptors (Lipinski definition) is 2. The Bertz CT molecular complexity index is 411. The molecule has 0 radical (unpaired) electrons. The lowest BCUT2D eigenvalue weighted by Gasteiger charge is -2.39. The highest BCUT2D eigenvalue weighted by Gasteiger charge is 2.36. The van der Waals surface area contributed by atoms with E-state index in [4.69, 9.17) is 0 Å². The summed E-state index contributed by atoms with van der Waals surface area (Å²) in [5.41, 5.74) is 1.52. The van der Waals surface area contributed by atoms with Gasteiger partial charge < -0.3 is 5.32 Å². The van der Waals surface area contributed by atoms with E-state index < -0.39 is 0 Å². The summed E-state index contributed by atoms with van der Waals surface area (Å²) in [5, 5.41) is 3.79. The summed E-state index contributed by atoms with van der Waals surface area (Å²) in [5.74, 6) is 1.44. The van der Waals surface area contributed by atoms with Gasteiger partial charge in [-0.1, -0.05) is 44.2 Å². The second-order valence-corrected chi connectivity index (χ2v) is 7.03. The number of nitrogens with one attached hydrogen (secondary N) is 1. The molecule has 3 rings (SSSR count). The van der Waals surface area contributed by atoms with Crippen LogP contribution in [0.2, 0.25) is 0 Å². The van der Waals surface area contributed by atoms with Crippen molar-refractivity contribution in [2.45, 2.75) is 51.1 Å². The van der Waals surface area contributed by atoms with E-state index in [1.165, 1.54) is 37.9 Å². The normalized spacial score (nSPS) is 27.9. The van der Waals surface area contributed by atoms with Gasteiger partial charge in [-0.2, -0.15) is 0 Å². The summed E-state index contributed by atoms with van der Waals surface area (Å²) in [4.78, 5) is 2.74. The van der Waals surface area contributed by atoms with Crippen molar-refractivity contribution >= 4 is 0 Å². The van der Waals surface area contributed by atoms with E-state index in [0.717, 1.165) is 18.5 Å². The van der Waals surface area contributed by atoms with Crippen molar-refractivity contribution in [3.8, 4) is 0 Å². The largest absolute Gasteiger partial charge is 0.312 e. The Hall–Kier alpha value is -0.860. The molecule has 0 aromatic heterocycles. The van der Waals surface area contributed by atoms with Gasteiger partial charge in [0.2, 0.25) is 0 Å². The fourth-order valence-corrected chi connectivity index (χ4v) is 3.39. The van der Waals surface area contributed by atoms with Crippen LogP contribution in [0.15, 0.2) is 30.3 Å². The van der Waals surface area contributed by atoms with Crippen molar-refractivity contribution in [1.82, 2.24) is 10.2 Å². The van der Waals surface area contributed by atoms with Gasteiger partial charge in [0.1, 0.15) is 0 Å². The first-order valence-electron chi connectivity index (χ1n) is 8.24. The molecule has 2 nitrogen and oxygen atoms in total. The fraction of sp³-hybridized carbons (Fsp3) is 0.667. The van der Waals surface area contributed by atoms with E-state index in [1.54, 1.807) is 0 Å². The van der Waals surface area contributed by atoms with Crippen molar-refractivity contribution in [3.05, 3.63) is 35.9 Å². The summed E-state index contributed by atoms with van der Waals surface area (Å²) in [6.45, 7) is 8.24. The van der Waals surface area contributed by atoms with Crippen LogP contribution < -0.4 is 5.32 Å². The van der Waals surface area contributed by atoms with Gasteiger partial charge in [-0.05, 0) is 43.2 Å². The van der Waals surface area contributed by atoms with E-state index in [9.17, 15) is 0 Å². The quantitative estimate of drug-likeness (QED) is 0.885. The van der Waals surface area contributed by atoms with Gasteiger partial charge in [0.25, 0.3) is 0 Å². The van der Waals surface area contributed by atoms with E-state index in [2.05, 4.69) is 54.4 Å². The SMILES string of the molecule is CC(C)CNC1CC(c2ccccc2)CN(C2CC2)C1. The fourth-order valence-electron chi connectivity index (χ4n) is 3.39. The minimum Gasteiger partial charge on any atom is -0.312 e. The average Bonchev–Trinajstić information content (AvgIpc) is 3.30. The van der Waals surface area contributed by atoms with E-state index in [-0.39, 0.29) is 0 Å². The number of benzene rings is 1. The Kier molecular flexibility index (Phi) is 4.42. The number of nitrogens with zero attached hydrogens (tertiary/aromatic N) is 1. The molecule has 1 aliphatic heterocycles. The van der Waals surface area contributed by atoms with Crippen LogP contribution in [0, 0.1) is 5.92 Å². The zero-order chi connectivity index (χ0) is 13.9. The molecule has 0 amide bonds. The van der Waals surface area contributed by atoms with Crippen molar-refractivity contribution in [3.63, 3.8) is 0 Å². The maximum Gasteiger partial charge on any atom is 0.0201 e. The van der Waals surface area contributed by atoms with Crippen LogP contribution >= 0.6 is 0 Å². The Morgan fingerprint density at radius 3 is 2.55 bits per heavy atom. The Morgan fingerprint density at radius 1 is 1.15 bits per heavy atom. The smallest absolute Gasteiger partial charge is 0.0201 e. The predicted molar refractivity (Wildman–Crippen MR) is 85.0 cm³/mol. The number of hydrogen-bond donors (Lipinski definition) is 1. The summed E-state index contributed by atoms with van der Waals surface area (Å²) in [6.07, 6.45) is 4.12. The highest BCUT2D eigenvalue weighted by Crippen LogP contribution is 2.34. The second kappa shape index (κ2) is 6.28. The Balaban J connectivity index is 1.66. The third kappa shape index (κ3) is 3.62. The molecule has 1 saturated heterocycles. The molecule has 2 unspecified atom stereocenters. The molecule has 0 spiro atoms. The lowest BCUT2D eigenvalue weighted by molar-refractivity contribution is 0.161. The van der Waals surface area contributed by atoms with E-state index in [0.29, 0.717) is 12.0 Å². The van der Waals surface area contributed by atoms with Gasteiger partial charge in [0, 0.05) is 25.2 Å². The molecule has 2 fully saturated rings. The molecule has 2 aliphatic rings. The molecule has 20 heavy (non-hydrogen) atoms. The first-order valence-corrected chi connectivity index (χ1v) is 8.24. The maximum absolute atomic E-state index is 3.79. The van der Waals surface area contributed by atoms with Gasteiger partial charge in [-0.15, -0.1) is 0 Å². The molecule has 110 valence electrons. The van der Waals surface area contributed by atoms with Gasteiger partial charge in [0.15, 0.2) is 0 Å². The van der Waals surface area contributed by atoms with Crippen LogP contribution in [0.5, 0.6) is 0 Å². The summed E-state index contributed by atoms with van der Waals surface area (Å²) >= 11 is 0. The molecule has 0 bridgehead atoms. The summed E-state index contributed by atoms with van der Waals surface area (Å²) < 4.78 is 0. The van der Waals surface area contributed by atoms with Crippen LogP contribution in [-0.2, 0) is 0 Å². The highest BCUT2D eigenvalue weighted by atomic mass is 15.2. The molecular weight excluding hydrogens is 244 g/mol. The van der Waals surface area contributed by atoms with Crippen LogP contribution in [0.25, 0.3) is 0 Å². The monoisotopic (exact) mass is 272 g/mol. The van der Waals surface area contributed by atoms with E-state index in [1.807, 2.05) is 0 Å². The summed E-state index contributed by atoms with van der Waals surface area (Å²) in [6, 6.07) is 12.6. The molecule has 1 aliphatic carbocycles. The zero-order valence-electron chi connectivity index (χ0n) is 12.9. The molecule has 1 aromatic carbocycles. The van der Waals surface area contributed by atoms with Gasteiger partial charge >= 0.3 is 0 Å². The maximum atomic E-state index is 3.79. The first-order chi connectivity index (χ1) is 9.72. The number of rotatable bonds is 5. The van der Waals surface area contributed by atoms with Crippen molar-refractivity contribution < 1.29 is 0 Å². The van der Waals surface area contributed by atoms with Crippen LogP contribution in [0.4, 0.5) is 0 Å². The van der Waals surface area contributed by atoms with Gasteiger partial charge in [-0.3, -0.25) is 4.90 Å². The standard InChI is InChI=1S/C18H28N2/c1-14(2)11-19-17-10-16(15-6-4-3-5-7-15)12-20(13-17)18-8-9-18/h3-7,14,16-19H,8-13H2,1-2H3. The Labute approximate surface area is 123 Å². The first kappa shape index (κ1) is 14.1. The van der Waals surface area contributed by atoms with Crippen LogP contribution in [0.3, 0.4) is 0 Å². The van der Waals surface area contributed by atoms with Crippen molar-refractivity contribution in [2.75, 3.05) is 19.6 Å². The summed E-state index contributed by atoms with van der Waals surface area (Å²) in [7, 11) is 0. The predicted octanol–water partition coefficient (Wildman–Crippen LogP) is 3.25. The van der Waals surface area contributed by atoms with Gasteiger partial charge in [0.05, 0.1) is 0 Å². The molecule has 2 atom stereocenters. The molecular formula is C18H28N2. The van der Waals surface area contributed by atoms with Gasteiger partial charge in [-0.25, -0.2) is 0 Å². The third-order valence-corrected chi connectivity index (χ3v) is 4.63. The second-order valence-electron chi connectivity index (χ2n) is 7.03. The van der Waals surface area contributed by atoms with Crippen molar-refractivity contribution in [2.24, 2.45) is 5.92 Å². The van der Waals surface area contributed by atoms with Crippen LogP contribution in [-0.4, -0.2) is 36.6 Å². The zero-order valence-corrected chi connectivity index (χ0v) is 12.9. The number of likely N-dealkylation sites (tertiary alicyclic amines) is 1. The third-order valence-electron chi connectivity index (χ3n) is 4.63. The average molecular weight is 272 g/mol. The number of piperidine rings is 1. The van der Waals surface area contributed by atoms with Crippen LogP contribution in [0.1, 0.15) is 44.6 Å². The van der Waals surface area contributed by atoms with E-state index >= 15 is 0 Å². The minimum atomic E-state index is 0.664. The molecule has 1 N–H and O–H groups in total. The lowest BCUT2D eigenvalue weighted by atomic mass is 9.87. The highest BCUT2D eigenvalue weighted by molar-refractivity contribution is 5.21. The topological polar surface area (TPSA) is 15.3 Å². The lowest BCUT2D eigenvalue weighted by Crippen LogP contribution is -2.50. The minimum absolute atomic E-state index is 0.664. The molecule has 2 heteroatoms. The molecule has 1 aromatic rings. The molecule has 1 saturated carbocycles. The Morgan fingerprint density at radius 2 is 1.90 bits per heavy atom.